The lowest BCUT2D eigenvalue weighted by Gasteiger charge is -2.08. The summed E-state index contributed by atoms with van der Waals surface area (Å²) in [6, 6.07) is 15.8. The second kappa shape index (κ2) is 6.93. The van der Waals surface area contributed by atoms with Crippen molar-refractivity contribution >= 4 is 16.7 Å². The van der Waals surface area contributed by atoms with Crippen molar-refractivity contribution in [3.63, 3.8) is 0 Å². The lowest BCUT2D eigenvalue weighted by molar-refractivity contribution is -0.135. The maximum atomic E-state index is 12.3. The summed E-state index contributed by atoms with van der Waals surface area (Å²) in [6.07, 6.45) is 0. The quantitative estimate of drug-likeness (QED) is 0.683. The van der Waals surface area contributed by atoms with Crippen molar-refractivity contribution in [2.24, 2.45) is 0 Å². The fourth-order valence-corrected chi connectivity index (χ4v) is 2.31. The van der Waals surface area contributed by atoms with Crippen LogP contribution in [0.4, 0.5) is 0 Å². The smallest absolute Gasteiger partial charge is 0.271 e. The predicted molar refractivity (Wildman–Crippen MR) is 88.2 cm³/mol. The van der Waals surface area contributed by atoms with Crippen molar-refractivity contribution in [3.8, 4) is 0 Å². The van der Waals surface area contributed by atoms with Crippen molar-refractivity contribution < 1.29 is 9.63 Å². The van der Waals surface area contributed by atoms with Crippen LogP contribution in [0.25, 0.3) is 10.8 Å². The summed E-state index contributed by atoms with van der Waals surface area (Å²) in [7, 11) is 0. The number of fused-ring (bicyclic) bond motifs is 1. The zero-order valence-electron chi connectivity index (χ0n) is 12.7. The summed E-state index contributed by atoms with van der Waals surface area (Å²) < 4.78 is 0.964. The van der Waals surface area contributed by atoms with E-state index in [1.165, 1.54) is 0 Å². The zero-order chi connectivity index (χ0) is 16.9. The Hall–Kier alpha value is -3.19. The number of hydrogen-bond acceptors (Lipinski definition) is 4. The number of nitrogens with zero attached hydrogens (tertiary/aromatic N) is 1. The Labute approximate surface area is 136 Å². The molecule has 7 nitrogen and oxygen atoms in total. The zero-order valence-corrected chi connectivity index (χ0v) is 12.7. The van der Waals surface area contributed by atoms with Crippen LogP contribution < -0.4 is 16.6 Å². The average molecular weight is 325 g/mol. The standard InChI is InChI=1S/C17H15N3O4/c21-15(19-24-11-12-6-2-1-3-7-12)10-20-17(23)14-9-5-4-8-13(14)16(22)18-20/h1-9H,10-11H2,(H,18,22)(H,19,21). The lowest BCUT2D eigenvalue weighted by atomic mass is 10.2. The van der Waals surface area contributed by atoms with Crippen LogP contribution >= 0.6 is 0 Å². The third-order valence-corrected chi connectivity index (χ3v) is 3.45. The van der Waals surface area contributed by atoms with Gasteiger partial charge in [-0.1, -0.05) is 42.5 Å². The molecule has 1 heterocycles. The molecule has 0 bridgehead atoms. The van der Waals surface area contributed by atoms with Crippen molar-refractivity contribution in [2.45, 2.75) is 13.2 Å². The molecule has 2 N–H and O–H groups in total. The summed E-state index contributed by atoms with van der Waals surface area (Å²) in [5.74, 6) is -0.543. The van der Waals surface area contributed by atoms with Crippen LogP contribution in [0.5, 0.6) is 0 Å². The first-order chi connectivity index (χ1) is 11.6. The van der Waals surface area contributed by atoms with Gasteiger partial charge in [0.25, 0.3) is 17.0 Å². The van der Waals surface area contributed by atoms with Crippen molar-refractivity contribution in [2.75, 3.05) is 0 Å². The van der Waals surface area contributed by atoms with Gasteiger partial charge in [-0.2, -0.15) is 0 Å². The molecule has 3 aromatic rings. The topological polar surface area (TPSA) is 93.2 Å². The van der Waals surface area contributed by atoms with Gasteiger partial charge in [0.2, 0.25) is 0 Å². The van der Waals surface area contributed by atoms with Gasteiger partial charge in [-0.05, 0) is 17.7 Å². The number of hydrogen-bond donors (Lipinski definition) is 2. The number of rotatable bonds is 5. The monoisotopic (exact) mass is 325 g/mol. The molecule has 0 atom stereocenters. The molecular formula is C17H15N3O4. The molecule has 24 heavy (non-hydrogen) atoms. The SMILES string of the molecule is O=C(Cn1[nH]c(=O)c2ccccc2c1=O)NOCc1ccccc1. The van der Waals surface area contributed by atoms with Gasteiger partial charge in [0, 0.05) is 0 Å². The Morgan fingerprint density at radius 3 is 2.42 bits per heavy atom. The van der Waals surface area contributed by atoms with Crippen molar-refractivity contribution in [1.29, 1.82) is 0 Å². The van der Waals surface area contributed by atoms with Gasteiger partial charge < -0.3 is 0 Å². The van der Waals surface area contributed by atoms with Crippen molar-refractivity contribution in [1.82, 2.24) is 15.3 Å². The highest BCUT2D eigenvalue weighted by Crippen LogP contribution is 2.02. The number of carbonyl (C=O) groups excluding carboxylic acids is 1. The van der Waals surface area contributed by atoms with Gasteiger partial charge in [-0.3, -0.25) is 24.3 Å². The highest BCUT2D eigenvalue weighted by atomic mass is 16.6. The molecular weight excluding hydrogens is 310 g/mol. The molecule has 1 amide bonds. The van der Waals surface area contributed by atoms with Gasteiger partial charge in [0.15, 0.2) is 0 Å². The predicted octanol–water partition coefficient (Wildman–Crippen LogP) is 0.938. The van der Waals surface area contributed by atoms with E-state index in [9.17, 15) is 14.4 Å². The Balaban J connectivity index is 1.68. The summed E-state index contributed by atoms with van der Waals surface area (Å²) in [5, 5.41) is 2.94. The Bertz CT molecular complexity index is 976. The van der Waals surface area contributed by atoms with Gasteiger partial charge in [-0.15, -0.1) is 0 Å². The van der Waals surface area contributed by atoms with Crippen molar-refractivity contribution in [3.05, 3.63) is 80.9 Å². The minimum absolute atomic E-state index is 0.204. The molecule has 3 rings (SSSR count). The minimum Gasteiger partial charge on any atom is -0.271 e. The molecule has 122 valence electrons. The van der Waals surface area contributed by atoms with E-state index >= 15 is 0 Å². The number of nitrogens with one attached hydrogen (secondary N) is 2. The second-order valence-corrected chi connectivity index (χ2v) is 5.18. The van der Waals surface area contributed by atoms with Crippen LogP contribution in [0.2, 0.25) is 0 Å². The van der Waals surface area contributed by atoms with E-state index in [1.54, 1.807) is 24.3 Å². The molecule has 0 aliphatic rings. The Morgan fingerprint density at radius 1 is 1.00 bits per heavy atom. The maximum Gasteiger partial charge on any atom is 0.273 e. The van der Waals surface area contributed by atoms with Gasteiger partial charge in [-0.25, -0.2) is 10.2 Å². The van der Waals surface area contributed by atoms with E-state index < -0.39 is 17.0 Å². The highest BCUT2D eigenvalue weighted by Gasteiger charge is 2.10. The fraction of sp³-hybridized carbons (Fsp3) is 0.118. The van der Waals surface area contributed by atoms with Crippen LogP contribution in [0.3, 0.4) is 0 Å². The molecule has 7 heteroatoms. The molecule has 0 aliphatic heterocycles. The van der Waals surface area contributed by atoms with Crippen LogP contribution in [0.1, 0.15) is 5.56 Å². The molecule has 0 saturated heterocycles. The van der Waals surface area contributed by atoms with E-state index in [0.29, 0.717) is 5.39 Å². The fourth-order valence-electron chi connectivity index (χ4n) is 2.31. The molecule has 0 aliphatic carbocycles. The van der Waals surface area contributed by atoms with E-state index in [-0.39, 0.29) is 18.5 Å². The number of hydroxylamine groups is 1. The van der Waals surface area contributed by atoms with E-state index in [0.717, 1.165) is 10.2 Å². The molecule has 0 fully saturated rings. The summed E-state index contributed by atoms with van der Waals surface area (Å²) in [4.78, 5) is 41.2. The van der Waals surface area contributed by atoms with E-state index in [1.807, 2.05) is 30.3 Å². The molecule has 0 spiro atoms. The van der Waals surface area contributed by atoms with E-state index in [2.05, 4.69) is 10.6 Å². The summed E-state index contributed by atoms with van der Waals surface area (Å²) in [5.41, 5.74) is 2.28. The largest absolute Gasteiger partial charge is 0.273 e. The minimum atomic E-state index is -0.543. The van der Waals surface area contributed by atoms with Crippen LogP contribution in [0.15, 0.2) is 64.2 Å². The third kappa shape index (κ3) is 3.41. The first-order valence-electron chi connectivity index (χ1n) is 7.31. The lowest BCUT2D eigenvalue weighted by Crippen LogP contribution is -2.36. The number of aromatic amines is 1. The maximum absolute atomic E-state index is 12.3. The molecule has 0 radical (unpaired) electrons. The summed E-state index contributed by atoms with van der Waals surface area (Å²) >= 11 is 0. The number of aromatic nitrogens is 2. The Morgan fingerprint density at radius 2 is 1.67 bits per heavy atom. The van der Waals surface area contributed by atoms with E-state index in [4.69, 9.17) is 4.84 Å². The summed E-state index contributed by atoms with van der Waals surface area (Å²) in [6.45, 7) is -0.135. The number of amides is 1. The van der Waals surface area contributed by atoms with Crippen LogP contribution in [-0.2, 0) is 22.8 Å². The number of carbonyl (C=O) groups is 1. The average Bonchev–Trinajstić information content (AvgIpc) is 2.60. The van der Waals surface area contributed by atoms with Gasteiger partial charge >= 0.3 is 0 Å². The molecule has 2 aromatic carbocycles. The van der Waals surface area contributed by atoms with Gasteiger partial charge in [0.05, 0.1) is 17.4 Å². The molecule has 0 unspecified atom stereocenters. The first kappa shape index (κ1) is 15.7. The highest BCUT2D eigenvalue weighted by molar-refractivity contribution is 5.80. The first-order valence-corrected chi connectivity index (χ1v) is 7.31. The third-order valence-electron chi connectivity index (χ3n) is 3.45. The molecule has 0 saturated carbocycles. The number of benzene rings is 2. The normalized spacial score (nSPS) is 10.7. The number of H-pyrrole nitrogens is 1. The van der Waals surface area contributed by atoms with Crippen LogP contribution in [0, 0.1) is 0 Å². The van der Waals surface area contributed by atoms with Crippen LogP contribution in [-0.4, -0.2) is 15.7 Å². The second-order valence-electron chi connectivity index (χ2n) is 5.18. The van der Waals surface area contributed by atoms with Gasteiger partial charge in [0.1, 0.15) is 6.54 Å². The molecule has 1 aromatic heterocycles. The Kier molecular flexibility index (Phi) is 4.53.